The zero-order valence-corrected chi connectivity index (χ0v) is 20.4. The summed E-state index contributed by atoms with van der Waals surface area (Å²) in [6, 6.07) is 22.8. The van der Waals surface area contributed by atoms with Crippen LogP contribution in [0.3, 0.4) is 0 Å². The van der Waals surface area contributed by atoms with Crippen LogP contribution in [0.15, 0.2) is 85.1 Å². The predicted molar refractivity (Wildman–Crippen MR) is 139 cm³/mol. The van der Waals surface area contributed by atoms with Gasteiger partial charge in [-0.25, -0.2) is 9.18 Å². The number of halogens is 1. The summed E-state index contributed by atoms with van der Waals surface area (Å²) in [5.41, 5.74) is 1.99. The van der Waals surface area contributed by atoms with Crippen LogP contribution in [0.2, 0.25) is 0 Å². The Morgan fingerprint density at radius 3 is 2.53 bits per heavy atom. The van der Waals surface area contributed by atoms with Gasteiger partial charge in [-0.15, -0.1) is 0 Å². The molecular formula is C29H29FN4O2. The number of hydrogen-bond donors (Lipinski definition) is 1. The van der Waals surface area contributed by atoms with Gasteiger partial charge in [-0.2, -0.15) is 0 Å². The number of rotatable bonds is 5. The summed E-state index contributed by atoms with van der Waals surface area (Å²) in [5, 5.41) is 4.94. The molecule has 5 rings (SSSR count). The van der Waals surface area contributed by atoms with E-state index in [1.165, 1.54) is 11.0 Å². The highest BCUT2D eigenvalue weighted by Crippen LogP contribution is 2.34. The number of benzene rings is 3. The molecule has 0 saturated carbocycles. The monoisotopic (exact) mass is 484 g/mol. The first kappa shape index (κ1) is 23.6. The number of aromatic nitrogens is 1. The molecule has 0 spiro atoms. The average Bonchev–Trinajstić information content (AvgIpc) is 3.36. The number of carbonyl (C=O) groups is 2. The molecular weight excluding hydrogens is 455 g/mol. The number of fused-ring (bicyclic) bond motifs is 2. The zero-order chi connectivity index (χ0) is 25.2. The molecule has 1 aromatic heterocycles. The number of nitrogens with zero attached hydrogens (tertiary/aromatic N) is 3. The first-order valence-corrected chi connectivity index (χ1v) is 12.2. The van der Waals surface area contributed by atoms with Crippen molar-refractivity contribution in [3.05, 3.63) is 102 Å². The molecule has 3 aromatic carbocycles. The van der Waals surface area contributed by atoms with Crippen LogP contribution < -0.4 is 5.32 Å². The van der Waals surface area contributed by atoms with Gasteiger partial charge in [-0.05, 0) is 43.5 Å². The Bertz CT molecular complexity index is 1410. The summed E-state index contributed by atoms with van der Waals surface area (Å²) in [6.07, 6.45) is 1.95. The summed E-state index contributed by atoms with van der Waals surface area (Å²) < 4.78 is 16.9. The lowest BCUT2D eigenvalue weighted by Crippen LogP contribution is -2.50. The standard InChI is InChI=1S/C29H29FN4O2/c1-20(2)34(29(36)31-25-14-7-10-21-9-3-4-11-22(21)25)19-27(35)33-18-17-32-16-8-15-26(32)28(33)23-12-5-6-13-24(23)30/h3-16,20,28H,17-19H2,1-2H3,(H,31,36)/t28-/m0/s1. The van der Waals surface area contributed by atoms with Crippen LogP contribution in [0.4, 0.5) is 14.9 Å². The third-order valence-electron chi connectivity index (χ3n) is 6.78. The average molecular weight is 485 g/mol. The van der Waals surface area contributed by atoms with E-state index < -0.39 is 6.04 Å². The normalized spacial score (nSPS) is 15.1. The highest BCUT2D eigenvalue weighted by atomic mass is 19.1. The van der Waals surface area contributed by atoms with Crippen LogP contribution in [0.5, 0.6) is 0 Å². The topological polar surface area (TPSA) is 57.6 Å². The van der Waals surface area contributed by atoms with Crippen molar-refractivity contribution in [2.75, 3.05) is 18.4 Å². The maximum atomic E-state index is 14.9. The van der Waals surface area contributed by atoms with E-state index >= 15 is 0 Å². The molecule has 4 aromatic rings. The number of hydrogen-bond acceptors (Lipinski definition) is 2. The van der Waals surface area contributed by atoms with Crippen LogP contribution in [0, 0.1) is 5.82 Å². The molecule has 0 aliphatic carbocycles. The second-order valence-corrected chi connectivity index (χ2v) is 9.32. The van der Waals surface area contributed by atoms with E-state index in [1.54, 1.807) is 23.1 Å². The van der Waals surface area contributed by atoms with E-state index in [1.807, 2.05) is 79.2 Å². The lowest BCUT2D eigenvalue weighted by molar-refractivity contribution is -0.134. The fourth-order valence-electron chi connectivity index (χ4n) is 4.92. The van der Waals surface area contributed by atoms with E-state index in [-0.39, 0.29) is 30.3 Å². The predicted octanol–water partition coefficient (Wildman–Crippen LogP) is 5.65. The number of carbonyl (C=O) groups excluding carboxylic acids is 2. The quantitative estimate of drug-likeness (QED) is 0.398. The third kappa shape index (κ3) is 4.44. The molecule has 184 valence electrons. The Morgan fingerprint density at radius 2 is 1.72 bits per heavy atom. The van der Waals surface area contributed by atoms with Crippen LogP contribution >= 0.6 is 0 Å². The van der Waals surface area contributed by atoms with Crippen molar-refractivity contribution in [2.45, 2.75) is 32.5 Å². The molecule has 1 aliphatic rings. The number of anilines is 1. The van der Waals surface area contributed by atoms with Crippen molar-refractivity contribution < 1.29 is 14.0 Å². The lowest BCUT2D eigenvalue weighted by atomic mass is 9.99. The molecule has 0 fully saturated rings. The number of urea groups is 1. The second kappa shape index (κ2) is 9.85. The Kier molecular flexibility index (Phi) is 6.46. The van der Waals surface area contributed by atoms with Crippen molar-refractivity contribution in [1.82, 2.24) is 14.4 Å². The summed E-state index contributed by atoms with van der Waals surface area (Å²) in [7, 11) is 0. The minimum atomic E-state index is -0.558. The van der Waals surface area contributed by atoms with Crippen LogP contribution in [0.1, 0.15) is 31.1 Å². The van der Waals surface area contributed by atoms with Crippen molar-refractivity contribution >= 4 is 28.4 Å². The van der Waals surface area contributed by atoms with Gasteiger partial charge in [0.1, 0.15) is 18.4 Å². The van der Waals surface area contributed by atoms with Gasteiger partial charge < -0.3 is 19.7 Å². The first-order chi connectivity index (χ1) is 17.4. The smallest absolute Gasteiger partial charge is 0.322 e. The van der Waals surface area contributed by atoms with Gasteiger partial charge in [-0.1, -0.05) is 54.6 Å². The summed E-state index contributed by atoms with van der Waals surface area (Å²) >= 11 is 0. The summed E-state index contributed by atoms with van der Waals surface area (Å²) in [4.78, 5) is 30.3. The highest BCUT2D eigenvalue weighted by Gasteiger charge is 2.35. The van der Waals surface area contributed by atoms with Gasteiger partial charge in [-0.3, -0.25) is 4.79 Å². The molecule has 1 N–H and O–H groups in total. The van der Waals surface area contributed by atoms with Gasteiger partial charge in [0.25, 0.3) is 0 Å². The SMILES string of the molecule is CC(C)N(CC(=O)N1CCn2cccc2[C@@H]1c1ccccc1F)C(=O)Nc1cccc2ccccc12. The Morgan fingerprint density at radius 1 is 0.972 bits per heavy atom. The van der Waals surface area contributed by atoms with E-state index in [2.05, 4.69) is 5.32 Å². The second-order valence-electron chi connectivity index (χ2n) is 9.32. The van der Waals surface area contributed by atoms with Gasteiger partial charge in [0.05, 0.1) is 5.69 Å². The van der Waals surface area contributed by atoms with E-state index in [0.29, 0.717) is 24.3 Å². The zero-order valence-electron chi connectivity index (χ0n) is 20.4. The molecule has 0 radical (unpaired) electrons. The van der Waals surface area contributed by atoms with Crippen LogP contribution in [-0.4, -0.2) is 45.4 Å². The molecule has 1 atom stereocenters. The highest BCUT2D eigenvalue weighted by molar-refractivity contribution is 6.02. The van der Waals surface area contributed by atoms with Gasteiger partial charge in [0.2, 0.25) is 5.91 Å². The number of amides is 3. The van der Waals surface area contributed by atoms with Gasteiger partial charge >= 0.3 is 6.03 Å². The first-order valence-electron chi connectivity index (χ1n) is 12.2. The fourth-order valence-corrected chi connectivity index (χ4v) is 4.92. The summed E-state index contributed by atoms with van der Waals surface area (Å²) in [6.45, 7) is 4.69. The van der Waals surface area contributed by atoms with E-state index in [9.17, 15) is 14.0 Å². The Labute approximate surface area is 209 Å². The minimum absolute atomic E-state index is 0.111. The number of nitrogens with one attached hydrogen (secondary N) is 1. The molecule has 2 heterocycles. The minimum Gasteiger partial charge on any atom is -0.348 e. The van der Waals surface area contributed by atoms with Crippen molar-refractivity contribution in [2.24, 2.45) is 0 Å². The fraction of sp³-hybridized carbons (Fsp3) is 0.241. The maximum absolute atomic E-state index is 14.9. The lowest BCUT2D eigenvalue weighted by Gasteiger charge is -2.39. The molecule has 0 bridgehead atoms. The largest absolute Gasteiger partial charge is 0.348 e. The molecule has 7 heteroatoms. The molecule has 1 aliphatic heterocycles. The Hall–Kier alpha value is -4.13. The molecule has 6 nitrogen and oxygen atoms in total. The van der Waals surface area contributed by atoms with E-state index in [4.69, 9.17) is 0 Å². The van der Waals surface area contributed by atoms with Crippen molar-refractivity contribution in [1.29, 1.82) is 0 Å². The molecule has 0 saturated heterocycles. The Balaban J connectivity index is 1.41. The van der Waals surface area contributed by atoms with Crippen LogP contribution in [-0.2, 0) is 11.3 Å². The molecule has 0 unspecified atom stereocenters. The van der Waals surface area contributed by atoms with Crippen molar-refractivity contribution in [3.63, 3.8) is 0 Å². The van der Waals surface area contributed by atoms with Crippen LogP contribution in [0.25, 0.3) is 10.8 Å². The van der Waals surface area contributed by atoms with E-state index in [0.717, 1.165) is 16.5 Å². The maximum Gasteiger partial charge on any atom is 0.322 e. The van der Waals surface area contributed by atoms with Crippen molar-refractivity contribution in [3.8, 4) is 0 Å². The molecule has 36 heavy (non-hydrogen) atoms. The molecule has 3 amide bonds. The summed E-state index contributed by atoms with van der Waals surface area (Å²) in [5.74, 6) is -0.582. The third-order valence-corrected chi connectivity index (χ3v) is 6.78. The van der Waals surface area contributed by atoms with Gasteiger partial charge in [0.15, 0.2) is 0 Å². The van der Waals surface area contributed by atoms with Gasteiger partial charge in [0, 0.05) is 42.0 Å².